The van der Waals surface area contributed by atoms with Gasteiger partial charge in [-0.1, -0.05) is 13.0 Å². The van der Waals surface area contributed by atoms with Crippen LogP contribution in [-0.2, 0) is 11.2 Å². The van der Waals surface area contributed by atoms with Gasteiger partial charge in [0, 0.05) is 12.2 Å². The molecular weight excluding hydrogens is 240 g/mol. The molecule has 4 nitrogen and oxygen atoms in total. The van der Waals surface area contributed by atoms with Crippen molar-refractivity contribution in [3.63, 3.8) is 0 Å². The van der Waals surface area contributed by atoms with Gasteiger partial charge in [0.15, 0.2) is 5.78 Å². The largest absolute Gasteiger partial charge is 0.491 e. The first-order valence-electron chi connectivity index (χ1n) is 6.75. The second-order valence-corrected chi connectivity index (χ2v) is 4.98. The molecule has 0 spiro atoms. The normalized spacial score (nSPS) is 18.6. The molecule has 2 aliphatic rings. The standard InChI is InChI=1S/C15H18N2O2/c1-2-10-4-5-14-12(8-10)17(6-3-7-19-14)15-11(16)9-13(15)18/h4-5,8H,2-3,6-7,9,16H2,1H3. The molecule has 2 N–H and O–H groups in total. The average Bonchev–Trinajstić information content (AvgIpc) is 2.61. The summed E-state index contributed by atoms with van der Waals surface area (Å²) in [6.45, 7) is 3.57. The molecule has 1 aliphatic carbocycles. The van der Waals surface area contributed by atoms with E-state index in [0.717, 1.165) is 30.8 Å². The Labute approximate surface area is 112 Å². The van der Waals surface area contributed by atoms with E-state index >= 15 is 0 Å². The third-order valence-electron chi connectivity index (χ3n) is 3.70. The smallest absolute Gasteiger partial charge is 0.186 e. The van der Waals surface area contributed by atoms with Crippen molar-refractivity contribution in [3.8, 4) is 5.75 Å². The Morgan fingerprint density at radius 2 is 2.26 bits per heavy atom. The van der Waals surface area contributed by atoms with Gasteiger partial charge in [-0.3, -0.25) is 4.79 Å². The van der Waals surface area contributed by atoms with Crippen molar-refractivity contribution in [3.05, 3.63) is 35.2 Å². The predicted octanol–water partition coefficient (Wildman–Crippen LogP) is 1.98. The van der Waals surface area contributed by atoms with Gasteiger partial charge >= 0.3 is 0 Å². The first-order valence-corrected chi connectivity index (χ1v) is 6.75. The molecule has 0 radical (unpaired) electrons. The minimum atomic E-state index is 0.132. The van der Waals surface area contributed by atoms with Crippen molar-refractivity contribution in [1.82, 2.24) is 0 Å². The molecule has 0 saturated carbocycles. The summed E-state index contributed by atoms with van der Waals surface area (Å²) in [6, 6.07) is 6.17. The Kier molecular flexibility index (Phi) is 2.93. The summed E-state index contributed by atoms with van der Waals surface area (Å²) in [6.07, 6.45) is 2.24. The number of fused-ring (bicyclic) bond motifs is 1. The number of ketones is 1. The monoisotopic (exact) mass is 258 g/mol. The number of anilines is 1. The molecule has 0 saturated heterocycles. The van der Waals surface area contributed by atoms with Gasteiger partial charge in [-0.25, -0.2) is 0 Å². The number of ether oxygens (including phenoxy) is 1. The van der Waals surface area contributed by atoms with Gasteiger partial charge in [-0.15, -0.1) is 0 Å². The van der Waals surface area contributed by atoms with Crippen LogP contribution in [0.2, 0.25) is 0 Å². The number of aryl methyl sites for hydroxylation is 1. The van der Waals surface area contributed by atoms with Gasteiger partial charge < -0.3 is 15.4 Å². The van der Waals surface area contributed by atoms with E-state index in [4.69, 9.17) is 10.5 Å². The molecule has 1 aliphatic heterocycles. The van der Waals surface area contributed by atoms with E-state index in [9.17, 15) is 4.79 Å². The summed E-state index contributed by atoms with van der Waals surface area (Å²) < 4.78 is 5.75. The fraction of sp³-hybridized carbons (Fsp3) is 0.400. The molecule has 0 unspecified atom stereocenters. The van der Waals surface area contributed by atoms with Gasteiger partial charge in [-0.05, 0) is 30.5 Å². The molecular formula is C15H18N2O2. The fourth-order valence-corrected chi connectivity index (χ4v) is 2.61. The molecule has 0 atom stereocenters. The summed E-state index contributed by atoms with van der Waals surface area (Å²) in [5.41, 5.74) is 9.47. The van der Waals surface area contributed by atoms with Crippen LogP contribution < -0.4 is 15.4 Å². The number of nitrogens with two attached hydrogens (primary N) is 1. The van der Waals surface area contributed by atoms with Crippen LogP contribution in [0.5, 0.6) is 5.75 Å². The number of rotatable bonds is 2. The maximum atomic E-state index is 11.8. The van der Waals surface area contributed by atoms with Crippen molar-refractivity contribution in [2.45, 2.75) is 26.2 Å². The van der Waals surface area contributed by atoms with Gasteiger partial charge in [0.2, 0.25) is 0 Å². The number of carbonyl (C=O) groups excluding carboxylic acids is 1. The van der Waals surface area contributed by atoms with Crippen molar-refractivity contribution in [2.75, 3.05) is 18.1 Å². The van der Waals surface area contributed by atoms with E-state index in [-0.39, 0.29) is 5.78 Å². The molecule has 4 heteroatoms. The Morgan fingerprint density at radius 3 is 2.95 bits per heavy atom. The van der Waals surface area contributed by atoms with E-state index in [1.807, 2.05) is 11.0 Å². The number of Topliss-reactive ketones (excluding diaryl/α,β-unsaturated/α-hetero) is 1. The average molecular weight is 258 g/mol. The number of hydrogen-bond acceptors (Lipinski definition) is 4. The Balaban J connectivity index is 2.07. The number of carbonyl (C=O) groups is 1. The van der Waals surface area contributed by atoms with Crippen LogP contribution in [-0.4, -0.2) is 18.9 Å². The van der Waals surface area contributed by atoms with Crippen molar-refractivity contribution in [2.24, 2.45) is 5.73 Å². The summed E-state index contributed by atoms with van der Waals surface area (Å²) in [5, 5.41) is 0. The molecule has 3 rings (SSSR count). The van der Waals surface area contributed by atoms with Crippen LogP contribution in [0.1, 0.15) is 25.3 Å². The Bertz CT molecular complexity index is 563. The zero-order chi connectivity index (χ0) is 13.4. The topological polar surface area (TPSA) is 55.6 Å². The first kappa shape index (κ1) is 12.1. The first-order chi connectivity index (χ1) is 9.20. The van der Waals surface area contributed by atoms with Gasteiger partial charge in [0.1, 0.15) is 11.4 Å². The number of benzene rings is 1. The highest BCUT2D eigenvalue weighted by atomic mass is 16.5. The maximum Gasteiger partial charge on any atom is 0.186 e. The van der Waals surface area contributed by atoms with Crippen LogP contribution in [0.15, 0.2) is 29.6 Å². The lowest BCUT2D eigenvalue weighted by Gasteiger charge is -2.32. The second kappa shape index (κ2) is 4.61. The second-order valence-electron chi connectivity index (χ2n) is 4.98. The summed E-state index contributed by atoms with van der Waals surface area (Å²) in [4.78, 5) is 13.8. The van der Waals surface area contributed by atoms with Crippen LogP contribution in [0, 0.1) is 0 Å². The highest BCUT2D eigenvalue weighted by molar-refractivity contribution is 6.07. The van der Waals surface area contributed by atoms with E-state index in [0.29, 0.717) is 24.4 Å². The molecule has 100 valence electrons. The van der Waals surface area contributed by atoms with Gasteiger partial charge in [-0.2, -0.15) is 0 Å². The van der Waals surface area contributed by atoms with Crippen LogP contribution in [0.25, 0.3) is 0 Å². The maximum absolute atomic E-state index is 11.8. The van der Waals surface area contributed by atoms with Crippen LogP contribution in [0.4, 0.5) is 5.69 Å². The summed E-state index contributed by atoms with van der Waals surface area (Å²) >= 11 is 0. The summed E-state index contributed by atoms with van der Waals surface area (Å²) in [7, 11) is 0. The zero-order valence-corrected chi connectivity index (χ0v) is 11.1. The highest BCUT2D eigenvalue weighted by Gasteiger charge is 2.32. The van der Waals surface area contributed by atoms with E-state index in [1.165, 1.54) is 5.56 Å². The minimum Gasteiger partial charge on any atom is -0.491 e. The highest BCUT2D eigenvalue weighted by Crippen LogP contribution is 2.37. The number of nitrogens with zero attached hydrogens (tertiary/aromatic N) is 1. The molecule has 19 heavy (non-hydrogen) atoms. The third kappa shape index (κ3) is 1.97. The quantitative estimate of drug-likeness (QED) is 0.881. The van der Waals surface area contributed by atoms with E-state index in [1.54, 1.807) is 0 Å². The lowest BCUT2D eigenvalue weighted by Crippen LogP contribution is -2.37. The summed E-state index contributed by atoms with van der Waals surface area (Å²) in [5.74, 6) is 0.974. The molecule has 0 aromatic heterocycles. The van der Waals surface area contributed by atoms with Crippen molar-refractivity contribution >= 4 is 11.5 Å². The zero-order valence-electron chi connectivity index (χ0n) is 11.1. The van der Waals surface area contributed by atoms with Gasteiger partial charge in [0.25, 0.3) is 0 Å². The third-order valence-corrected chi connectivity index (χ3v) is 3.70. The molecule has 1 aromatic carbocycles. The Morgan fingerprint density at radius 1 is 1.42 bits per heavy atom. The lowest BCUT2D eigenvalue weighted by molar-refractivity contribution is -0.116. The number of hydrogen-bond donors (Lipinski definition) is 1. The SMILES string of the molecule is CCc1ccc2c(c1)N(C1=C(N)CC1=O)CCCO2. The van der Waals surface area contributed by atoms with E-state index in [2.05, 4.69) is 19.1 Å². The minimum absolute atomic E-state index is 0.132. The van der Waals surface area contributed by atoms with E-state index < -0.39 is 0 Å². The van der Waals surface area contributed by atoms with Crippen molar-refractivity contribution in [1.29, 1.82) is 0 Å². The predicted molar refractivity (Wildman–Crippen MR) is 74.1 cm³/mol. The molecule has 1 aromatic rings. The van der Waals surface area contributed by atoms with Gasteiger partial charge in [0.05, 0.1) is 18.7 Å². The van der Waals surface area contributed by atoms with Crippen molar-refractivity contribution < 1.29 is 9.53 Å². The number of allylic oxidation sites excluding steroid dienone is 2. The van der Waals surface area contributed by atoms with Crippen LogP contribution in [0.3, 0.4) is 0 Å². The lowest BCUT2D eigenvalue weighted by atomic mass is 9.97. The van der Waals surface area contributed by atoms with Crippen LogP contribution >= 0.6 is 0 Å². The molecule has 1 heterocycles. The molecule has 0 bridgehead atoms. The molecule has 0 amide bonds. The Hall–Kier alpha value is -1.97. The fourth-order valence-electron chi connectivity index (χ4n) is 2.61. The molecule has 0 fully saturated rings.